The van der Waals surface area contributed by atoms with E-state index in [2.05, 4.69) is 42.2 Å². The molecule has 602 valence electrons. The van der Waals surface area contributed by atoms with Crippen molar-refractivity contribution in [2.45, 2.75) is 152 Å². The van der Waals surface area contributed by atoms with E-state index in [1.165, 1.54) is 43.3 Å². The van der Waals surface area contributed by atoms with Gasteiger partial charge in [0.15, 0.2) is 0 Å². The monoisotopic (exact) mass is 1540 g/mol. The zero-order valence-electron chi connectivity index (χ0n) is 61.8. The first-order chi connectivity index (χ1) is 52.5. The van der Waals surface area contributed by atoms with Crippen LogP contribution in [-0.4, -0.2) is 314 Å². The van der Waals surface area contributed by atoms with E-state index in [9.17, 15) is 103 Å². The second-order valence-corrected chi connectivity index (χ2v) is 28.0. The molecule has 1 saturated carbocycles. The van der Waals surface area contributed by atoms with Crippen LogP contribution in [0.25, 0.3) is 10.8 Å². The zero-order chi connectivity index (χ0) is 80.0. The summed E-state index contributed by atoms with van der Waals surface area (Å²) < 4.78 is 10.5. The van der Waals surface area contributed by atoms with Gasteiger partial charge in [0.05, 0.1) is 32.8 Å². The number of nitrogens with one attached hydrogen (secondary N) is 7. The maximum atomic E-state index is 14.0. The summed E-state index contributed by atoms with van der Waals surface area (Å²) in [7, 11) is 0. The lowest BCUT2D eigenvalue weighted by molar-refractivity contribution is -0.188. The molecule has 37 heteroatoms. The molecule has 4 aliphatic rings. The highest BCUT2D eigenvalue weighted by molar-refractivity contribution is 5.99. The number of amides is 9. The lowest BCUT2D eigenvalue weighted by Crippen LogP contribution is -2.58. The second-order valence-electron chi connectivity index (χ2n) is 28.0. The molecule has 0 bridgehead atoms. The minimum atomic E-state index is -1.75. The number of fused-ring (bicyclic) bond motifs is 1. The molecule has 0 spiro atoms. The Bertz CT molecular complexity index is 3680. The lowest BCUT2D eigenvalue weighted by atomic mass is 9.81. The Balaban J connectivity index is 0.826. The summed E-state index contributed by atoms with van der Waals surface area (Å²) in [5.74, 6) is -12.6. The number of aromatic nitrogens is 1. The van der Waals surface area contributed by atoms with Crippen LogP contribution in [0.2, 0.25) is 0 Å². The molecule has 4 heterocycles. The standard InChI is InChI=1S/C73H102N14O23/c1-45(77-64(97)51-22-25-74-26-23-51)68(101)86-27-7-12-57(86)67(100)79-56(44-88)69(102)87-28-8-13-58(87)72(107)110-46(2)109-63(96)21-20-54(71(105)106)81-73(108)80-53(70(103)104)11-5-6-24-75-66(99)55(38-48-16-17-49-9-3-4-10-52(49)37-48)78-65(98)50-18-14-47(15-19-50)39-76-59(89)40-82-29-31-83(41-60(90)91)33-35-85(43-62(94)95)36-34-84(32-30-82)42-61(92)93/h3-4,9-10,16-17,22-23,25-26,37,45-47,50,53-58,88H,5-8,11-15,18-21,24,27-36,38-44H2,1-2H3,(H,75,99)(H,76,89)(H,77,97)(H,78,98)(H,79,100)(H,90,91)(H,92,93)(H,94,95)(H,103,104)(H,105,106)(H2,80,81,108)/t45-,46?,47-,50-,53+,54+,55+,56+,57+,58+/m1/s1. The summed E-state index contributed by atoms with van der Waals surface area (Å²) in [6, 6.07) is 5.89. The van der Waals surface area contributed by atoms with Gasteiger partial charge in [-0.15, -0.1) is 0 Å². The number of carbonyl (C=O) groups excluding carboxylic acids is 10. The Morgan fingerprint density at radius 2 is 1.06 bits per heavy atom. The van der Waals surface area contributed by atoms with E-state index in [0.717, 1.165) is 21.2 Å². The number of carboxylic acids is 5. The van der Waals surface area contributed by atoms with Gasteiger partial charge < -0.3 is 87.1 Å². The first kappa shape index (κ1) is 86.7. The fraction of sp³-hybridized carbons (Fsp3) is 0.589. The van der Waals surface area contributed by atoms with E-state index < -0.39 is 151 Å². The Morgan fingerprint density at radius 3 is 1.63 bits per heavy atom. The van der Waals surface area contributed by atoms with Gasteiger partial charge in [0.2, 0.25) is 41.7 Å². The summed E-state index contributed by atoms with van der Waals surface area (Å²) in [4.78, 5) is 207. The molecule has 0 radical (unpaired) electrons. The quantitative estimate of drug-likeness (QED) is 0.0180. The van der Waals surface area contributed by atoms with E-state index in [1.54, 1.807) is 14.7 Å². The number of hydrogen-bond donors (Lipinski definition) is 13. The number of aliphatic hydroxyl groups is 1. The third-order valence-corrected chi connectivity index (χ3v) is 19.8. The molecule has 1 unspecified atom stereocenters. The van der Waals surface area contributed by atoms with Gasteiger partial charge in [0.25, 0.3) is 5.91 Å². The smallest absolute Gasteiger partial charge is 0.331 e. The number of aliphatic carboxylic acids is 5. The molecule has 4 fully saturated rings. The molecule has 1 aromatic heterocycles. The van der Waals surface area contributed by atoms with Crippen LogP contribution in [-0.2, 0) is 78.2 Å². The van der Waals surface area contributed by atoms with E-state index in [4.69, 9.17) is 9.47 Å². The summed E-state index contributed by atoms with van der Waals surface area (Å²) in [6.07, 6.45) is 3.47. The molecule has 8 atom stereocenters. The average Bonchev–Trinajstić information content (AvgIpc) is 1.60. The average molecular weight is 1540 g/mol. The summed E-state index contributed by atoms with van der Waals surface area (Å²) in [5.41, 5.74) is 1.03. The van der Waals surface area contributed by atoms with Gasteiger partial charge in [-0.05, 0) is 118 Å². The maximum Gasteiger partial charge on any atom is 0.331 e. The third-order valence-electron chi connectivity index (χ3n) is 19.8. The number of urea groups is 1. The van der Waals surface area contributed by atoms with Crippen LogP contribution in [0.5, 0.6) is 0 Å². The second kappa shape index (κ2) is 43.6. The van der Waals surface area contributed by atoms with Crippen LogP contribution in [0.1, 0.15) is 113 Å². The van der Waals surface area contributed by atoms with Gasteiger partial charge >= 0.3 is 47.8 Å². The zero-order valence-corrected chi connectivity index (χ0v) is 61.8. The summed E-state index contributed by atoms with van der Waals surface area (Å²) >= 11 is 0. The van der Waals surface area contributed by atoms with Crippen LogP contribution in [0, 0.1) is 11.8 Å². The molecule has 1 aliphatic carbocycles. The largest absolute Gasteiger partial charge is 0.480 e. The maximum absolute atomic E-state index is 14.0. The summed E-state index contributed by atoms with van der Waals surface area (Å²) in [5, 5.41) is 79.1. The molecular weight excluding hydrogens is 1440 g/mol. The predicted octanol–water partition coefficient (Wildman–Crippen LogP) is -1.36. The number of esters is 2. The number of unbranched alkanes of at least 4 members (excludes halogenated alkanes) is 1. The van der Waals surface area contributed by atoms with Crippen molar-refractivity contribution >= 4 is 99.9 Å². The highest BCUT2D eigenvalue weighted by atomic mass is 16.7. The Morgan fingerprint density at radius 1 is 0.527 bits per heavy atom. The molecule has 3 aliphatic heterocycles. The van der Waals surface area contributed by atoms with Gasteiger partial charge in [-0.1, -0.05) is 42.5 Å². The number of nitrogens with zero attached hydrogens (tertiary/aromatic N) is 7. The first-order valence-corrected chi connectivity index (χ1v) is 37.1. The molecule has 7 rings (SSSR count). The number of aliphatic hydroxyl groups excluding tert-OH is 1. The van der Waals surface area contributed by atoms with E-state index >= 15 is 0 Å². The minimum Gasteiger partial charge on any atom is -0.480 e. The van der Waals surface area contributed by atoms with E-state index in [0.29, 0.717) is 45.1 Å². The minimum absolute atomic E-state index is 0.0182. The highest BCUT2D eigenvalue weighted by Crippen LogP contribution is 2.30. The SMILES string of the molecule is CC(OC(=O)CC[C@H](NC(=O)N[C@@H](CCCCNC(=O)[C@H](Cc1ccc2ccccc2c1)NC(=O)[C@H]1CC[C@H](CNC(=O)CN2CCN(CC(=O)O)CCN(CC(=O)O)CCN(CC(=O)O)CC2)CC1)C(=O)O)C(=O)O)OC(=O)[C@@H]1CCCN1C(=O)[C@H](CO)NC(=O)[C@@H]1CCCN1C(=O)[C@@H](C)NC(=O)c1ccncc1. The highest BCUT2D eigenvalue weighted by Gasteiger charge is 2.43. The summed E-state index contributed by atoms with van der Waals surface area (Å²) in [6.45, 7) is 3.30. The third kappa shape index (κ3) is 28.2. The molecule has 9 amide bonds. The molecule has 3 saturated heterocycles. The van der Waals surface area contributed by atoms with Gasteiger partial charge in [0.1, 0.15) is 42.3 Å². The Labute approximate surface area is 634 Å². The number of ether oxygens (including phenoxy) is 2. The number of hydrogen-bond acceptors (Lipinski definition) is 23. The molecule has 2 aromatic carbocycles. The van der Waals surface area contributed by atoms with E-state index in [-0.39, 0.29) is 160 Å². The Hall–Kier alpha value is -10.5. The van der Waals surface area contributed by atoms with Gasteiger partial charge in [-0.2, -0.15) is 0 Å². The van der Waals surface area contributed by atoms with Crippen molar-refractivity contribution in [2.24, 2.45) is 11.8 Å². The van der Waals surface area contributed by atoms with Crippen molar-refractivity contribution in [3.05, 3.63) is 78.1 Å². The first-order valence-electron chi connectivity index (χ1n) is 37.1. The fourth-order valence-corrected chi connectivity index (χ4v) is 13.8. The molecule has 3 aromatic rings. The number of likely N-dealkylation sites (tertiary alicyclic amines) is 2. The van der Waals surface area contributed by atoms with Crippen molar-refractivity contribution in [3.8, 4) is 0 Å². The van der Waals surface area contributed by atoms with Gasteiger partial charge in [-0.25, -0.2) is 19.2 Å². The number of carboxylic acid groups (broad SMARTS) is 5. The Kier molecular flexibility index (Phi) is 34.4. The lowest BCUT2D eigenvalue weighted by Gasteiger charge is -2.33. The molecule has 13 N–H and O–H groups in total. The molecule has 37 nitrogen and oxygen atoms in total. The van der Waals surface area contributed by atoms with Crippen LogP contribution >= 0.6 is 0 Å². The van der Waals surface area contributed by atoms with Crippen LogP contribution < -0.4 is 37.2 Å². The fourth-order valence-electron chi connectivity index (χ4n) is 13.8. The van der Waals surface area contributed by atoms with Crippen molar-refractivity contribution in [1.82, 2.24) is 71.6 Å². The molecular formula is C73H102N14O23. The normalized spacial score (nSPS) is 19.9. The predicted molar refractivity (Wildman–Crippen MR) is 389 cm³/mol. The van der Waals surface area contributed by atoms with Crippen molar-refractivity contribution in [1.29, 1.82) is 0 Å². The number of carbonyl (C=O) groups is 15. The van der Waals surface area contributed by atoms with Gasteiger partial charge in [0, 0.05) is 122 Å². The number of benzene rings is 2. The number of rotatable bonds is 37. The molecule has 110 heavy (non-hydrogen) atoms. The van der Waals surface area contributed by atoms with Crippen LogP contribution in [0.3, 0.4) is 0 Å². The van der Waals surface area contributed by atoms with Crippen LogP contribution in [0.4, 0.5) is 4.79 Å². The van der Waals surface area contributed by atoms with Crippen molar-refractivity contribution in [3.63, 3.8) is 0 Å². The van der Waals surface area contributed by atoms with Gasteiger partial charge in [-0.3, -0.25) is 77.3 Å². The number of pyridine rings is 1. The van der Waals surface area contributed by atoms with Crippen molar-refractivity contribution in [2.75, 3.05) is 111 Å². The topological polar surface area (TPSA) is 512 Å². The van der Waals surface area contributed by atoms with Crippen LogP contribution in [0.15, 0.2) is 67.0 Å². The van der Waals surface area contributed by atoms with E-state index in [1.807, 2.05) is 47.4 Å². The van der Waals surface area contributed by atoms with Crippen molar-refractivity contribution < 1.29 is 112 Å².